The zero-order valence-electron chi connectivity index (χ0n) is 23.3. The van der Waals surface area contributed by atoms with Gasteiger partial charge in [-0.25, -0.2) is 32.6 Å². The molecule has 1 aliphatic carbocycles. The monoisotopic (exact) mass is 583 g/mol. The van der Waals surface area contributed by atoms with Crippen molar-refractivity contribution in [1.29, 1.82) is 0 Å². The summed E-state index contributed by atoms with van der Waals surface area (Å²) in [5.41, 5.74) is 0.963. The molecule has 2 N–H and O–H groups in total. The summed E-state index contributed by atoms with van der Waals surface area (Å²) >= 11 is 0. The first kappa shape index (κ1) is 28.8. The fourth-order valence-electron chi connectivity index (χ4n) is 4.78. The van der Waals surface area contributed by atoms with Crippen molar-refractivity contribution in [3.05, 3.63) is 60.2 Å². The Morgan fingerprint density at radius 3 is 2.56 bits per heavy atom. The minimum atomic E-state index is -3.86. The lowest BCUT2D eigenvalue weighted by atomic mass is 10.2. The predicted octanol–water partition coefficient (Wildman–Crippen LogP) is 3.05. The standard InChI is InChI=1S/C28H34FN7O4S/c1-19-18-40-15-14-36(19)25-16-23(28(10-11-28)41(38,39)22-7-5-21(29)6-8-22)32-26(34-25)20-4-9-24(31-17-20)33-27(37)30-12-13-35(2)3/h4-9,16-17,19H,10-15,18H2,1-3H3,(H2,30,31,33,37)/t19-/m0/s1. The van der Waals surface area contributed by atoms with E-state index < -0.39 is 20.4 Å². The van der Waals surface area contributed by atoms with Crippen molar-refractivity contribution < 1.29 is 22.3 Å². The van der Waals surface area contributed by atoms with Crippen LogP contribution in [0.2, 0.25) is 0 Å². The third-order valence-electron chi connectivity index (χ3n) is 7.29. The number of benzene rings is 1. The molecule has 0 bridgehead atoms. The number of hydrogen-bond donors (Lipinski definition) is 2. The Bertz CT molecular complexity index is 1500. The number of morpholine rings is 1. The molecule has 2 aliphatic rings. The highest BCUT2D eigenvalue weighted by Gasteiger charge is 2.58. The molecule has 2 amide bonds. The Hall–Kier alpha value is -3.68. The van der Waals surface area contributed by atoms with E-state index in [2.05, 4.69) is 20.5 Å². The lowest BCUT2D eigenvalue weighted by molar-refractivity contribution is 0.0985. The van der Waals surface area contributed by atoms with Crippen LogP contribution in [0.3, 0.4) is 0 Å². The van der Waals surface area contributed by atoms with E-state index in [0.29, 0.717) is 74.4 Å². The molecule has 1 aromatic carbocycles. The molecule has 2 aromatic heterocycles. The number of nitrogens with zero attached hydrogens (tertiary/aromatic N) is 5. The first-order chi connectivity index (χ1) is 19.6. The summed E-state index contributed by atoms with van der Waals surface area (Å²) in [4.78, 5) is 30.2. The molecule has 1 atom stereocenters. The zero-order valence-corrected chi connectivity index (χ0v) is 24.1. The van der Waals surface area contributed by atoms with Crippen LogP contribution in [0.5, 0.6) is 0 Å². The normalized spacial score (nSPS) is 18.3. The molecule has 3 aromatic rings. The third-order valence-corrected chi connectivity index (χ3v) is 9.83. The van der Waals surface area contributed by atoms with Gasteiger partial charge in [0.15, 0.2) is 15.7 Å². The van der Waals surface area contributed by atoms with Crippen molar-refractivity contribution in [3.8, 4) is 11.4 Å². The summed E-state index contributed by atoms with van der Waals surface area (Å²) < 4.78 is 45.5. The van der Waals surface area contributed by atoms with E-state index >= 15 is 0 Å². The highest BCUT2D eigenvalue weighted by molar-refractivity contribution is 7.92. The summed E-state index contributed by atoms with van der Waals surface area (Å²) in [6.45, 7) is 4.86. The van der Waals surface area contributed by atoms with E-state index in [-0.39, 0.29) is 17.0 Å². The second-order valence-corrected chi connectivity index (χ2v) is 12.9. The Balaban J connectivity index is 1.47. The predicted molar refractivity (Wildman–Crippen MR) is 153 cm³/mol. The number of carbonyl (C=O) groups is 1. The number of carbonyl (C=O) groups excluding carboxylic acids is 1. The summed E-state index contributed by atoms with van der Waals surface area (Å²) in [5.74, 6) is 0.778. The Kier molecular flexibility index (Phi) is 8.20. The van der Waals surface area contributed by atoms with Crippen molar-refractivity contribution >= 4 is 27.5 Å². The van der Waals surface area contributed by atoms with Crippen molar-refractivity contribution in [2.75, 3.05) is 57.2 Å². The molecular weight excluding hydrogens is 549 g/mol. The smallest absolute Gasteiger partial charge is 0.320 e. The van der Waals surface area contributed by atoms with Crippen molar-refractivity contribution in [2.24, 2.45) is 0 Å². The van der Waals surface area contributed by atoms with Crippen molar-refractivity contribution in [3.63, 3.8) is 0 Å². The van der Waals surface area contributed by atoms with Crippen LogP contribution < -0.4 is 15.5 Å². The minimum Gasteiger partial charge on any atom is -0.377 e. The third kappa shape index (κ3) is 6.16. The number of likely N-dealkylation sites (N-methyl/N-ethyl adjacent to an activating group) is 1. The molecule has 1 saturated carbocycles. The number of ether oxygens (including phenoxy) is 1. The zero-order chi connectivity index (χ0) is 29.2. The van der Waals surface area contributed by atoms with Crippen molar-refractivity contribution in [2.45, 2.75) is 35.4 Å². The fraction of sp³-hybridized carbons (Fsp3) is 0.429. The molecule has 3 heterocycles. The molecule has 41 heavy (non-hydrogen) atoms. The number of pyridine rings is 1. The summed E-state index contributed by atoms with van der Waals surface area (Å²) in [6, 6.07) is 9.69. The van der Waals surface area contributed by atoms with Gasteiger partial charge in [0.05, 0.1) is 29.8 Å². The molecule has 2 fully saturated rings. The van der Waals surface area contributed by atoms with Crippen LogP contribution in [0.1, 0.15) is 25.5 Å². The van der Waals surface area contributed by atoms with Gasteiger partial charge in [0.1, 0.15) is 22.2 Å². The summed E-state index contributed by atoms with van der Waals surface area (Å²) in [6.07, 6.45) is 2.34. The maximum atomic E-state index is 13.8. The summed E-state index contributed by atoms with van der Waals surface area (Å²) in [7, 11) is -0.0199. The van der Waals surface area contributed by atoms with E-state index in [1.165, 1.54) is 12.1 Å². The average molecular weight is 584 g/mol. The van der Waals surface area contributed by atoms with Gasteiger partial charge in [-0.05, 0) is 70.3 Å². The van der Waals surface area contributed by atoms with Gasteiger partial charge in [0, 0.05) is 37.5 Å². The number of sulfone groups is 1. The van der Waals surface area contributed by atoms with Gasteiger partial charge in [-0.3, -0.25) is 5.32 Å². The Labute approximate surface area is 239 Å². The highest BCUT2D eigenvalue weighted by Crippen LogP contribution is 2.55. The number of halogens is 1. The topological polar surface area (TPSA) is 130 Å². The maximum absolute atomic E-state index is 13.8. The molecule has 1 aliphatic heterocycles. The summed E-state index contributed by atoms with van der Waals surface area (Å²) in [5, 5.41) is 5.47. The number of amides is 2. The Morgan fingerprint density at radius 2 is 1.93 bits per heavy atom. The fourth-order valence-corrected chi connectivity index (χ4v) is 6.75. The van der Waals surface area contributed by atoms with Gasteiger partial charge in [-0.2, -0.15) is 0 Å². The molecule has 5 rings (SSSR count). The van der Waals surface area contributed by atoms with E-state index in [1.807, 2.05) is 25.9 Å². The van der Waals surface area contributed by atoms with Gasteiger partial charge in [-0.1, -0.05) is 0 Å². The number of aromatic nitrogens is 3. The van der Waals surface area contributed by atoms with Crippen LogP contribution in [0.4, 0.5) is 20.8 Å². The second kappa shape index (κ2) is 11.7. The number of hydrogen-bond acceptors (Lipinski definition) is 9. The van der Waals surface area contributed by atoms with Crippen LogP contribution in [-0.4, -0.2) is 87.3 Å². The molecule has 0 unspecified atom stereocenters. The first-order valence-corrected chi connectivity index (χ1v) is 15.0. The van der Waals surface area contributed by atoms with E-state index in [0.717, 1.165) is 12.1 Å². The van der Waals surface area contributed by atoms with Crippen LogP contribution in [-0.2, 0) is 19.3 Å². The van der Waals surface area contributed by atoms with Gasteiger partial charge in [-0.15, -0.1) is 0 Å². The SMILES string of the molecule is C[C@H]1COCCN1c1cc(C2(S(=O)(=O)c3ccc(F)cc3)CC2)nc(-c2ccc(NC(=O)NCCN(C)C)nc2)n1. The number of rotatable bonds is 9. The molecule has 0 spiro atoms. The quantitative estimate of drug-likeness (QED) is 0.365. The van der Waals surface area contributed by atoms with Gasteiger partial charge < -0.3 is 19.9 Å². The lowest BCUT2D eigenvalue weighted by Gasteiger charge is -2.34. The maximum Gasteiger partial charge on any atom is 0.320 e. The largest absolute Gasteiger partial charge is 0.377 e. The first-order valence-electron chi connectivity index (χ1n) is 13.5. The number of nitrogens with one attached hydrogen (secondary N) is 2. The second-order valence-electron chi connectivity index (χ2n) is 10.6. The minimum absolute atomic E-state index is 0.0268. The number of anilines is 2. The molecule has 11 nitrogen and oxygen atoms in total. The average Bonchev–Trinajstić information content (AvgIpc) is 3.77. The molecule has 1 saturated heterocycles. The molecule has 13 heteroatoms. The van der Waals surface area contributed by atoms with Gasteiger partial charge in [0.2, 0.25) is 0 Å². The highest BCUT2D eigenvalue weighted by atomic mass is 32.2. The van der Waals surface area contributed by atoms with Crippen LogP contribution >= 0.6 is 0 Å². The van der Waals surface area contributed by atoms with Crippen LogP contribution in [0.25, 0.3) is 11.4 Å². The molecule has 218 valence electrons. The van der Waals surface area contributed by atoms with Gasteiger partial charge in [0.25, 0.3) is 0 Å². The molecule has 0 radical (unpaired) electrons. The number of urea groups is 1. The molecular formula is C28H34FN7O4S. The van der Waals surface area contributed by atoms with Crippen LogP contribution in [0.15, 0.2) is 53.6 Å². The van der Waals surface area contributed by atoms with Crippen LogP contribution in [0, 0.1) is 5.82 Å². The van der Waals surface area contributed by atoms with Crippen molar-refractivity contribution in [1.82, 2.24) is 25.2 Å². The Morgan fingerprint density at radius 1 is 1.17 bits per heavy atom. The lowest BCUT2D eigenvalue weighted by Crippen LogP contribution is -2.44. The van der Waals surface area contributed by atoms with Gasteiger partial charge >= 0.3 is 6.03 Å². The van der Waals surface area contributed by atoms with E-state index in [4.69, 9.17) is 14.7 Å². The van der Waals surface area contributed by atoms with E-state index in [9.17, 15) is 17.6 Å². The van der Waals surface area contributed by atoms with E-state index in [1.54, 1.807) is 24.4 Å².